The molecule has 5 nitrogen and oxygen atoms in total. The van der Waals surface area contributed by atoms with Crippen molar-refractivity contribution in [3.8, 4) is 39.3 Å². The van der Waals surface area contributed by atoms with Crippen molar-refractivity contribution in [2.45, 2.75) is 78.6 Å². The summed E-state index contributed by atoms with van der Waals surface area (Å²) < 4.78 is 158. The number of benzene rings is 14. The topological polar surface area (TPSA) is 21.3 Å². The maximum absolute atomic E-state index is 9.83. The summed E-state index contributed by atoms with van der Waals surface area (Å²) in [6, 6.07) is 61.6. The van der Waals surface area contributed by atoms with Crippen LogP contribution in [0.25, 0.3) is 125 Å². The third-order valence-electron chi connectivity index (χ3n) is 21.4. The predicted molar refractivity (Wildman–Crippen MR) is 443 cm³/mol. The molecule has 6 heterocycles. The molecule has 0 spiro atoms. The van der Waals surface area contributed by atoms with Crippen molar-refractivity contribution in [2.75, 3.05) is 9.80 Å². The lowest BCUT2D eigenvalue weighted by Gasteiger charge is -2.46. The number of nitrogens with zero attached hydrogens (tertiary/aromatic N) is 5. The fourth-order valence-corrected chi connectivity index (χ4v) is 17.7. The first kappa shape index (κ1) is 46.7. The van der Waals surface area contributed by atoms with E-state index in [0.717, 1.165) is 115 Å². The zero-order chi connectivity index (χ0) is 83.5. The van der Waals surface area contributed by atoms with Crippen LogP contribution in [0.4, 0.5) is 34.1 Å². The highest BCUT2D eigenvalue weighted by molar-refractivity contribution is 7.27. The number of fused-ring (bicyclic) bond motifs is 16. The van der Waals surface area contributed by atoms with E-state index in [2.05, 4.69) is 204 Å². The van der Waals surface area contributed by atoms with Gasteiger partial charge in [-0.25, -0.2) is 0 Å². The fraction of sp³-hybridized carbons (Fsp3) is 0.125. The quantitative estimate of drug-likeness (QED) is 0.148. The molecule has 2 aliphatic rings. The molecule has 0 radical (unpaired) electrons. The average Bonchev–Trinajstić information content (AvgIpc) is 1.67. The lowest BCUT2D eigenvalue weighted by atomic mass is 9.33. The number of hydrogen-bond donors (Lipinski definition) is 0. The second kappa shape index (κ2) is 22.4. The molecule has 7 heteroatoms. The van der Waals surface area contributed by atoms with Gasteiger partial charge in [-0.2, -0.15) is 0 Å². The minimum Gasteiger partial charge on any atom is -0.310 e. The average molecular weight is 1360 g/mol. The molecule has 18 aromatic rings. The van der Waals surface area contributed by atoms with Gasteiger partial charge in [0.15, 0.2) is 0 Å². The van der Waals surface area contributed by atoms with E-state index in [4.69, 9.17) is 5.48 Å². The Hall–Kier alpha value is -11.6. The highest BCUT2D eigenvalue weighted by Gasteiger charge is 2.46. The van der Waals surface area contributed by atoms with Gasteiger partial charge in [-0.05, 0) is 157 Å². The molecule has 20 rings (SSSR count). The molecule has 0 atom stereocenters. The van der Waals surface area contributed by atoms with E-state index in [1.165, 1.54) is 11.1 Å². The zero-order valence-corrected chi connectivity index (χ0v) is 59.1. The van der Waals surface area contributed by atoms with Gasteiger partial charge < -0.3 is 23.5 Å². The number of rotatable bonds is 7. The Morgan fingerprint density at radius 2 is 0.709 bits per heavy atom. The molecule has 0 aliphatic carbocycles. The molecule has 0 unspecified atom stereocenters. The first-order chi connectivity index (χ1) is 56.7. The Bertz CT molecular complexity index is 7310. The summed E-state index contributed by atoms with van der Waals surface area (Å²) in [7, 11) is 0. The van der Waals surface area contributed by atoms with Crippen LogP contribution in [0.1, 0.15) is 101 Å². The molecule has 0 N–H and O–H groups in total. The predicted octanol–water partition coefficient (Wildman–Crippen LogP) is 24.7. The Balaban J connectivity index is 0.949. The molecule has 4 aromatic heterocycles. The smallest absolute Gasteiger partial charge is 0.252 e. The minimum atomic E-state index is -0.722. The molecule has 494 valence electrons. The Labute approximate surface area is 627 Å². The summed E-state index contributed by atoms with van der Waals surface area (Å²) in [5.74, 6) is 0. The van der Waals surface area contributed by atoms with Crippen LogP contribution in [0.3, 0.4) is 0 Å². The largest absolute Gasteiger partial charge is 0.310 e. The summed E-state index contributed by atoms with van der Waals surface area (Å²) in [6.07, 6.45) is 0. The molecule has 14 aromatic carbocycles. The van der Waals surface area contributed by atoms with Crippen LogP contribution in [0.5, 0.6) is 0 Å². The van der Waals surface area contributed by atoms with Crippen LogP contribution in [-0.4, -0.2) is 20.4 Å². The van der Waals surface area contributed by atoms with Crippen molar-refractivity contribution in [1.82, 2.24) is 13.7 Å². The van der Waals surface area contributed by atoms with Crippen LogP contribution in [0.15, 0.2) is 297 Å². The molecule has 0 saturated carbocycles. The van der Waals surface area contributed by atoms with E-state index < -0.39 is 109 Å². The monoisotopic (exact) mass is 1360 g/mol. The van der Waals surface area contributed by atoms with Gasteiger partial charge in [0.05, 0.1) is 81.5 Å². The van der Waals surface area contributed by atoms with Crippen LogP contribution < -0.4 is 26.2 Å². The van der Waals surface area contributed by atoms with Crippen molar-refractivity contribution in [1.29, 1.82) is 0 Å². The van der Waals surface area contributed by atoms with E-state index in [9.17, 15) is 16.4 Å². The van der Waals surface area contributed by atoms with Gasteiger partial charge in [-0.1, -0.05) is 262 Å². The third kappa shape index (κ3) is 9.24. The van der Waals surface area contributed by atoms with Crippen LogP contribution in [-0.2, 0) is 16.2 Å². The summed E-state index contributed by atoms with van der Waals surface area (Å²) in [6.45, 7) is 19.3. The van der Waals surface area contributed by atoms with Gasteiger partial charge in [-0.15, -0.1) is 11.3 Å². The van der Waals surface area contributed by atoms with E-state index >= 15 is 0 Å². The summed E-state index contributed by atoms with van der Waals surface area (Å²) >= 11 is 1.69. The first-order valence-corrected chi connectivity index (χ1v) is 35.9. The number of thiophene rings is 1. The van der Waals surface area contributed by atoms with Gasteiger partial charge in [0, 0.05) is 88.3 Å². The maximum Gasteiger partial charge on any atom is 0.252 e. The van der Waals surface area contributed by atoms with Crippen molar-refractivity contribution in [3.05, 3.63) is 314 Å². The van der Waals surface area contributed by atoms with Crippen molar-refractivity contribution >= 4 is 154 Å². The Morgan fingerprint density at radius 1 is 0.301 bits per heavy atom. The second-order valence-corrected chi connectivity index (χ2v) is 31.5. The number of anilines is 6. The van der Waals surface area contributed by atoms with Crippen molar-refractivity contribution in [2.24, 2.45) is 0 Å². The minimum absolute atomic E-state index is 0.0382. The molecule has 0 saturated heterocycles. The van der Waals surface area contributed by atoms with Gasteiger partial charge in [0.2, 0.25) is 0 Å². The molecule has 103 heavy (non-hydrogen) atoms. The lowest BCUT2D eigenvalue weighted by Crippen LogP contribution is -2.61. The van der Waals surface area contributed by atoms with Gasteiger partial charge >= 0.3 is 0 Å². The van der Waals surface area contributed by atoms with Crippen molar-refractivity contribution in [3.63, 3.8) is 0 Å². The summed E-state index contributed by atoms with van der Waals surface area (Å²) in [5.41, 5.74) is 16.4. The highest BCUT2D eigenvalue weighted by Crippen LogP contribution is 2.54. The molecule has 0 amide bonds. The number of hydrogen-bond acceptors (Lipinski definition) is 3. The molecular weight excluding hydrogens is 1270 g/mol. The fourth-order valence-electron chi connectivity index (χ4n) is 16.4. The number of para-hydroxylation sites is 5. The lowest BCUT2D eigenvalue weighted by molar-refractivity contribution is 0.590. The molecule has 0 fully saturated rings. The Kier molecular flexibility index (Phi) is 10.2. The molecule has 2 aliphatic heterocycles. The maximum atomic E-state index is 9.83. The Morgan fingerprint density at radius 3 is 1.17 bits per heavy atom. The number of aromatic nitrogens is 3. The van der Waals surface area contributed by atoms with Gasteiger partial charge in [-0.3, -0.25) is 0 Å². The molecule has 0 bridgehead atoms. The van der Waals surface area contributed by atoms with Crippen LogP contribution >= 0.6 is 11.3 Å². The van der Waals surface area contributed by atoms with Gasteiger partial charge in [0.25, 0.3) is 6.71 Å². The van der Waals surface area contributed by atoms with E-state index in [-0.39, 0.29) is 54.4 Å². The normalized spacial score (nSPS) is 15.4. The van der Waals surface area contributed by atoms with Gasteiger partial charge in [0.1, 0.15) is 0 Å². The zero-order valence-electron chi connectivity index (χ0n) is 74.3. The summed E-state index contributed by atoms with van der Waals surface area (Å²) in [5, 5.41) is 4.05. The van der Waals surface area contributed by atoms with E-state index in [1.807, 2.05) is 72.8 Å². The standard InChI is InChI=1S/C96H76BN5S/c1-94(2,3)61-45-51-82-74(53-61)75-54-62(95(4,5)6)46-52-83(75)100(82)84-43-25-37-72-73-38-26-44-85(93(73)103-92(72)84)101-86-57-64(98-78-39-20-16-31-68(78)69-32-17-21-40-79(69)98)47-49-76(86)97-77-50-48-65(99-80-41-22-18-33-70(80)71-34-19-23-42-81(71)99)58-87(77)102(89-56-63(96(7,8)9)55-88(101)90(89)97)91-66(59-27-12-10-13-28-59)35-24-36-67(91)60-29-14-11-15-30-60/h10-58H,1-9H3/i16D,17D,18D,19D,20D,21D,22D,23D,31D,32D,33D,34D,39D,40D,41D,42D. The van der Waals surface area contributed by atoms with Crippen LogP contribution in [0.2, 0.25) is 0 Å². The first-order valence-electron chi connectivity index (χ1n) is 43.0. The second-order valence-electron chi connectivity index (χ2n) is 30.5. The van der Waals surface area contributed by atoms with Crippen LogP contribution in [0, 0.1) is 0 Å². The SMILES string of the molecule is [2H]c1c([2H])c([2H])c2c(c1[2H])c1c([2H])c([2H])c([2H])c([2H])c1n2-c1ccc2c(c1)N(c1c(-c3ccccc3)cccc1-c1ccccc1)c1cc(C(C)(C)C)cc3c1B2c1ccc(-n2c4c([2H])c([2H])c([2H])c([2H])c4c4c([2H])c([2H])c([2H])c([2H])c42)cc1N3c1cccc2c1sc1c(-n3c4ccc(C(C)(C)C)cc4c4cc(C(C)(C)C)ccc43)cccc12. The van der Waals surface area contributed by atoms with Crippen molar-refractivity contribution < 1.29 is 21.9 Å². The third-order valence-corrected chi connectivity index (χ3v) is 22.6. The van der Waals surface area contributed by atoms with E-state index in [1.54, 1.807) is 20.5 Å². The highest BCUT2D eigenvalue weighted by atomic mass is 32.1. The molecular formula is C96H76BN5S. The van der Waals surface area contributed by atoms with E-state index in [0.29, 0.717) is 22.7 Å². The summed E-state index contributed by atoms with van der Waals surface area (Å²) in [4.78, 5) is 4.63.